The molecule has 116 valence electrons. The third kappa shape index (κ3) is 2.63. The molecular formula is C19H23NO2. The monoisotopic (exact) mass is 297 g/mol. The molecule has 3 rings (SSSR count). The Morgan fingerprint density at radius 3 is 2.68 bits per heavy atom. The summed E-state index contributed by atoms with van der Waals surface area (Å²) < 4.78 is 5.86. The number of fused-ring (bicyclic) bond motifs is 1. The van der Waals surface area contributed by atoms with Gasteiger partial charge in [0.05, 0.1) is 5.69 Å². The number of hydrogen-bond acceptors (Lipinski definition) is 3. The van der Waals surface area contributed by atoms with Crippen molar-refractivity contribution in [1.82, 2.24) is 0 Å². The fourth-order valence-corrected chi connectivity index (χ4v) is 2.75. The van der Waals surface area contributed by atoms with E-state index in [1.54, 1.807) is 6.07 Å². The second kappa shape index (κ2) is 5.56. The quantitative estimate of drug-likeness (QED) is 0.909. The molecule has 0 unspecified atom stereocenters. The number of hydrogen-bond donors (Lipinski definition) is 1. The standard InChI is InChI=1S/C19H23NO2/c1-4-19(2,3)15-9-10-18-14(11-15)12-20(13-22-18)16-7-5-6-8-17(16)21/h5-11,21H,4,12-13H2,1-3H3. The minimum Gasteiger partial charge on any atom is -0.506 e. The highest BCUT2D eigenvalue weighted by Gasteiger charge is 2.23. The lowest BCUT2D eigenvalue weighted by molar-refractivity contribution is 0.287. The van der Waals surface area contributed by atoms with Crippen molar-refractivity contribution >= 4 is 5.69 Å². The Bertz CT molecular complexity index is 679. The zero-order chi connectivity index (χ0) is 15.7. The normalized spacial score (nSPS) is 14.4. The van der Waals surface area contributed by atoms with Crippen molar-refractivity contribution in [2.24, 2.45) is 0 Å². The van der Waals surface area contributed by atoms with Gasteiger partial charge in [-0.05, 0) is 41.7 Å². The van der Waals surface area contributed by atoms with E-state index < -0.39 is 0 Å². The molecule has 0 aromatic heterocycles. The van der Waals surface area contributed by atoms with E-state index in [2.05, 4.69) is 43.9 Å². The van der Waals surface area contributed by atoms with Gasteiger partial charge in [-0.1, -0.05) is 39.0 Å². The Balaban J connectivity index is 1.92. The van der Waals surface area contributed by atoms with Gasteiger partial charge in [-0.3, -0.25) is 0 Å². The van der Waals surface area contributed by atoms with Crippen molar-refractivity contribution in [3.8, 4) is 11.5 Å². The van der Waals surface area contributed by atoms with Crippen LogP contribution >= 0.6 is 0 Å². The summed E-state index contributed by atoms with van der Waals surface area (Å²) in [5.74, 6) is 1.24. The summed E-state index contributed by atoms with van der Waals surface area (Å²) in [4.78, 5) is 2.06. The molecule has 0 saturated heterocycles. The summed E-state index contributed by atoms with van der Waals surface area (Å²) in [6.07, 6.45) is 1.09. The van der Waals surface area contributed by atoms with Crippen molar-refractivity contribution < 1.29 is 9.84 Å². The van der Waals surface area contributed by atoms with Crippen LogP contribution in [0.5, 0.6) is 11.5 Å². The molecule has 0 saturated carbocycles. The molecule has 3 nitrogen and oxygen atoms in total. The number of anilines is 1. The predicted molar refractivity (Wildman–Crippen MR) is 89.5 cm³/mol. The summed E-state index contributed by atoms with van der Waals surface area (Å²) in [6.45, 7) is 7.95. The summed E-state index contributed by atoms with van der Waals surface area (Å²) in [5, 5.41) is 10.0. The van der Waals surface area contributed by atoms with Gasteiger partial charge in [0, 0.05) is 12.1 Å². The van der Waals surface area contributed by atoms with E-state index in [4.69, 9.17) is 4.74 Å². The van der Waals surface area contributed by atoms with Crippen LogP contribution in [0.4, 0.5) is 5.69 Å². The maximum absolute atomic E-state index is 10.0. The maximum Gasteiger partial charge on any atom is 0.161 e. The Labute approximate surface area is 132 Å². The van der Waals surface area contributed by atoms with Crippen LogP contribution in [-0.2, 0) is 12.0 Å². The van der Waals surface area contributed by atoms with Crippen LogP contribution in [-0.4, -0.2) is 11.8 Å². The first-order valence-electron chi connectivity index (χ1n) is 7.80. The molecule has 0 radical (unpaired) electrons. The molecule has 0 amide bonds. The molecule has 3 heteroatoms. The zero-order valence-corrected chi connectivity index (χ0v) is 13.5. The third-order valence-corrected chi connectivity index (χ3v) is 4.69. The number of para-hydroxylation sites is 2. The molecule has 0 fully saturated rings. The van der Waals surface area contributed by atoms with Crippen LogP contribution in [0.25, 0.3) is 0 Å². The predicted octanol–water partition coefficient (Wildman–Crippen LogP) is 4.44. The van der Waals surface area contributed by atoms with E-state index >= 15 is 0 Å². The third-order valence-electron chi connectivity index (χ3n) is 4.69. The number of rotatable bonds is 3. The van der Waals surface area contributed by atoms with Gasteiger partial charge in [0.25, 0.3) is 0 Å². The number of phenols is 1. The Morgan fingerprint density at radius 1 is 1.18 bits per heavy atom. The highest BCUT2D eigenvalue weighted by atomic mass is 16.5. The highest BCUT2D eigenvalue weighted by molar-refractivity contribution is 5.59. The molecule has 1 N–H and O–H groups in total. The van der Waals surface area contributed by atoms with Gasteiger partial charge in [-0.2, -0.15) is 0 Å². The second-order valence-electron chi connectivity index (χ2n) is 6.52. The molecule has 0 aliphatic carbocycles. The lowest BCUT2D eigenvalue weighted by Gasteiger charge is -2.32. The molecule has 22 heavy (non-hydrogen) atoms. The van der Waals surface area contributed by atoms with E-state index in [0.29, 0.717) is 12.5 Å². The van der Waals surface area contributed by atoms with Crippen LogP contribution in [0.3, 0.4) is 0 Å². The minimum atomic E-state index is 0.159. The average Bonchev–Trinajstić information content (AvgIpc) is 2.54. The summed E-state index contributed by atoms with van der Waals surface area (Å²) in [7, 11) is 0. The van der Waals surface area contributed by atoms with Crippen molar-refractivity contribution in [1.29, 1.82) is 0 Å². The van der Waals surface area contributed by atoms with E-state index in [-0.39, 0.29) is 5.41 Å². The van der Waals surface area contributed by atoms with Gasteiger partial charge in [0.2, 0.25) is 0 Å². The largest absolute Gasteiger partial charge is 0.506 e. The van der Waals surface area contributed by atoms with E-state index in [1.165, 1.54) is 11.1 Å². The molecule has 2 aromatic rings. The van der Waals surface area contributed by atoms with Crippen molar-refractivity contribution in [2.75, 3.05) is 11.6 Å². The Kier molecular flexibility index (Phi) is 3.73. The van der Waals surface area contributed by atoms with Gasteiger partial charge in [0.1, 0.15) is 11.5 Å². The van der Waals surface area contributed by atoms with Gasteiger partial charge in [-0.25, -0.2) is 0 Å². The summed E-state index contributed by atoms with van der Waals surface area (Å²) in [6, 6.07) is 13.9. The molecule has 1 heterocycles. The van der Waals surface area contributed by atoms with Crippen LogP contribution in [0.2, 0.25) is 0 Å². The van der Waals surface area contributed by atoms with Crippen LogP contribution in [0, 0.1) is 0 Å². The smallest absolute Gasteiger partial charge is 0.161 e. The second-order valence-corrected chi connectivity index (χ2v) is 6.52. The molecule has 2 aromatic carbocycles. The number of phenolic OH excluding ortho intramolecular Hbond substituents is 1. The minimum absolute atomic E-state index is 0.159. The van der Waals surface area contributed by atoms with E-state index in [0.717, 1.165) is 24.4 Å². The SMILES string of the molecule is CCC(C)(C)c1ccc2c(c1)CN(c1ccccc1O)CO2. The number of aromatic hydroxyl groups is 1. The Hall–Kier alpha value is -2.16. The molecule has 0 bridgehead atoms. The molecular weight excluding hydrogens is 274 g/mol. The lowest BCUT2D eigenvalue weighted by atomic mass is 9.81. The van der Waals surface area contributed by atoms with E-state index in [9.17, 15) is 5.11 Å². The first-order valence-corrected chi connectivity index (χ1v) is 7.80. The summed E-state index contributed by atoms with van der Waals surface area (Å²) in [5.41, 5.74) is 3.48. The lowest BCUT2D eigenvalue weighted by Crippen LogP contribution is -2.32. The first kappa shape index (κ1) is 14.8. The molecule has 0 spiro atoms. The Morgan fingerprint density at radius 2 is 1.95 bits per heavy atom. The molecule has 1 aliphatic rings. The fraction of sp³-hybridized carbons (Fsp3) is 0.368. The van der Waals surface area contributed by atoms with Crippen molar-refractivity contribution in [2.45, 2.75) is 39.2 Å². The van der Waals surface area contributed by atoms with Crippen molar-refractivity contribution in [3.05, 3.63) is 53.6 Å². The van der Waals surface area contributed by atoms with E-state index in [1.807, 2.05) is 18.2 Å². The van der Waals surface area contributed by atoms with Gasteiger partial charge < -0.3 is 14.7 Å². The molecule has 1 aliphatic heterocycles. The summed E-state index contributed by atoms with van der Waals surface area (Å²) >= 11 is 0. The topological polar surface area (TPSA) is 32.7 Å². The van der Waals surface area contributed by atoms with Crippen molar-refractivity contribution in [3.63, 3.8) is 0 Å². The maximum atomic E-state index is 10.0. The number of benzene rings is 2. The fourth-order valence-electron chi connectivity index (χ4n) is 2.75. The zero-order valence-electron chi connectivity index (χ0n) is 13.5. The number of ether oxygens (including phenoxy) is 1. The first-order chi connectivity index (χ1) is 10.5. The van der Waals surface area contributed by atoms with Gasteiger partial charge in [0.15, 0.2) is 6.73 Å². The van der Waals surface area contributed by atoms with Gasteiger partial charge >= 0.3 is 0 Å². The highest BCUT2D eigenvalue weighted by Crippen LogP contribution is 2.36. The van der Waals surface area contributed by atoms with Crippen LogP contribution in [0.1, 0.15) is 38.3 Å². The molecule has 0 atom stereocenters. The van der Waals surface area contributed by atoms with Crippen LogP contribution in [0.15, 0.2) is 42.5 Å². The van der Waals surface area contributed by atoms with Gasteiger partial charge in [-0.15, -0.1) is 0 Å². The number of nitrogens with zero attached hydrogens (tertiary/aromatic N) is 1. The van der Waals surface area contributed by atoms with Crippen LogP contribution < -0.4 is 9.64 Å². The average molecular weight is 297 g/mol.